The summed E-state index contributed by atoms with van der Waals surface area (Å²) in [5.74, 6) is 2.15. The lowest BCUT2D eigenvalue weighted by Gasteiger charge is -2.35. The molecule has 1 N–H and O–H groups in total. The number of nitrogens with zero attached hydrogens (tertiary/aromatic N) is 3. The van der Waals surface area contributed by atoms with Crippen LogP contribution in [-0.2, 0) is 6.54 Å². The third-order valence-electron chi connectivity index (χ3n) is 5.12. The first-order valence-electron chi connectivity index (χ1n) is 8.97. The fourth-order valence-electron chi connectivity index (χ4n) is 3.53. The maximum atomic E-state index is 12.5. The van der Waals surface area contributed by atoms with Crippen molar-refractivity contribution < 1.29 is 13.9 Å². The molecule has 0 aromatic carbocycles. The Kier molecular flexibility index (Phi) is 4.48. The van der Waals surface area contributed by atoms with E-state index < -0.39 is 0 Å². The van der Waals surface area contributed by atoms with Crippen LogP contribution < -0.4 is 10.1 Å². The highest BCUT2D eigenvalue weighted by Gasteiger charge is 2.27. The molecule has 1 saturated heterocycles. The SMILES string of the molecule is CC1CCN(C(CNC(=O)c2cc3n(n2)CCO3)c2ccco2)CC1. The van der Waals surface area contributed by atoms with Gasteiger partial charge in [0, 0.05) is 12.6 Å². The van der Waals surface area contributed by atoms with Crippen LogP contribution in [0.25, 0.3) is 0 Å². The van der Waals surface area contributed by atoms with Crippen molar-refractivity contribution in [3.05, 3.63) is 35.9 Å². The Morgan fingerprint density at radius 2 is 2.24 bits per heavy atom. The second-order valence-electron chi connectivity index (χ2n) is 6.90. The molecule has 2 aromatic heterocycles. The van der Waals surface area contributed by atoms with Crippen LogP contribution in [0.3, 0.4) is 0 Å². The maximum Gasteiger partial charge on any atom is 0.271 e. The van der Waals surface area contributed by atoms with Crippen molar-refractivity contribution in [1.82, 2.24) is 20.0 Å². The average molecular weight is 344 g/mol. The highest BCUT2D eigenvalue weighted by molar-refractivity contribution is 5.92. The Labute approximate surface area is 146 Å². The Morgan fingerprint density at radius 3 is 2.96 bits per heavy atom. The summed E-state index contributed by atoms with van der Waals surface area (Å²) >= 11 is 0. The molecule has 1 unspecified atom stereocenters. The summed E-state index contributed by atoms with van der Waals surface area (Å²) in [7, 11) is 0. The molecule has 7 nitrogen and oxygen atoms in total. The summed E-state index contributed by atoms with van der Waals surface area (Å²) in [5, 5.41) is 7.31. The number of fused-ring (bicyclic) bond motifs is 1. The second-order valence-corrected chi connectivity index (χ2v) is 6.90. The van der Waals surface area contributed by atoms with Crippen molar-refractivity contribution in [1.29, 1.82) is 0 Å². The Morgan fingerprint density at radius 1 is 1.40 bits per heavy atom. The first kappa shape index (κ1) is 16.2. The summed E-state index contributed by atoms with van der Waals surface area (Å²) in [4.78, 5) is 14.9. The summed E-state index contributed by atoms with van der Waals surface area (Å²) in [6.45, 7) is 6.16. The van der Waals surface area contributed by atoms with Gasteiger partial charge in [0.2, 0.25) is 5.88 Å². The van der Waals surface area contributed by atoms with E-state index >= 15 is 0 Å². The number of amides is 1. The van der Waals surface area contributed by atoms with Gasteiger partial charge in [0.1, 0.15) is 12.4 Å². The van der Waals surface area contributed by atoms with E-state index in [-0.39, 0.29) is 11.9 Å². The molecule has 2 aromatic rings. The number of carbonyl (C=O) groups is 1. The van der Waals surface area contributed by atoms with Crippen LogP contribution in [0.15, 0.2) is 28.9 Å². The number of rotatable bonds is 5. The third-order valence-corrected chi connectivity index (χ3v) is 5.12. The van der Waals surface area contributed by atoms with Gasteiger partial charge in [-0.05, 0) is 44.0 Å². The number of nitrogens with one attached hydrogen (secondary N) is 1. The van der Waals surface area contributed by atoms with E-state index in [1.165, 1.54) is 12.8 Å². The molecule has 0 aliphatic carbocycles. The molecule has 2 aliphatic heterocycles. The fraction of sp³-hybridized carbons (Fsp3) is 0.556. The lowest BCUT2D eigenvalue weighted by Crippen LogP contribution is -2.41. The number of hydrogen-bond acceptors (Lipinski definition) is 5. The van der Waals surface area contributed by atoms with Crippen molar-refractivity contribution >= 4 is 5.91 Å². The molecule has 0 spiro atoms. The maximum absolute atomic E-state index is 12.5. The lowest BCUT2D eigenvalue weighted by atomic mass is 9.97. The van der Waals surface area contributed by atoms with Crippen molar-refractivity contribution in [2.24, 2.45) is 5.92 Å². The van der Waals surface area contributed by atoms with E-state index in [2.05, 4.69) is 22.2 Å². The van der Waals surface area contributed by atoms with Crippen LogP contribution in [0.5, 0.6) is 5.88 Å². The molecule has 1 atom stereocenters. The standard InChI is InChI=1S/C18H24N4O3/c1-13-4-6-21(7-5-13)15(16-3-2-9-24-16)12-19-18(23)14-11-17-22(20-14)8-10-25-17/h2-3,9,11,13,15H,4-8,10,12H2,1H3,(H,19,23). The molecule has 1 fully saturated rings. The molecule has 4 heterocycles. The smallest absolute Gasteiger partial charge is 0.271 e. The summed E-state index contributed by atoms with van der Waals surface area (Å²) in [5.41, 5.74) is 0.403. The van der Waals surface area contributed by atoms with Gasteiger partial charge in [-0.1, -0.05) is 6.92 Å². The Bertz CT molecular complexity index is 695. The monoisotopic (exact) mass is 344 g/mol. The normalized spacial score (nSPS) is 19.4. The van der Waals surface area contributed by atoms with Crippen LogP contribution in [0.4, 0.5) is 0 Å². The minimum atomic E-state index is -0.174. The van der Waals surface area contributed by atoms with Gasteiger partial charge in [0.15, 0.2) is 5.69 Å². The Balaban J connectivity index is 1.42. The molecule has 1 amide bonds. The second kappa shape index (κ2) is 6.92. The zero-order valence-electron chi connectivity index (χ0n) is 14.5. The van der Waals surface area contributed by atoms with E-state index in [1.54, 1.807) is 17.0 Å². The topological polar surface area (TPSA) is 72.5 Å². The van der Waals surface area contributed by atoms with Crippen molar-refractivity contribution in [3.8, 4) is 5.88 Å². The highest BCUT2D eigenvalue weighted by Crippen LogP contribution is 2.27. The van der Waals surface area contributed by atoms with Gasteiger partial charge in [-0.25, -0.2) is 4.68 Å². The minimum Gasteiger partial charge on any atom is -0.476 e. The van der Waals surface area contributed by atoms with Crippen LogP contribution in [0.2, 0.25) is 0 Å². The number of hydrogen-bond donors (Lipinski definition) is 1. The fourth-order valence-corrected chi connectivity index (χ4v) is 3.53. The van der Waals surface area contributed by atoms with Gasteiger partial charge >= 0.3 is 0 Å². The highest BCUT2D eigenvalue weighted by atomic mass is 16.5. The van der Waals surface area contributed by atoms with Gasteiger partial charge in [0.05, 0.1) is 18.8 Å². The van der Waals surface area contributed by atoms with Crippen molar-refractivity contribution in [2.75, 3.05) is 26.2 Å². The van der Waals surface area contributed by atoms with Gasteiger partial charge in [0.25, 0.3) is 5.91 Å². The molecule has 134 valence electrons. The van der Waals surface area contributed by atoms with Gasteiger partial charge in [-0.15, -0.1) is 0 Å². The average Bonchev–Trinajstić information content (AvgIpc) is 3.33. The predicted octanol–water partition coefficient (Wildman–Crippen LogP) is 2.07. The summed E-state index contributed by atoms with van der Waals surface area (Å²) < 4.78 is 12.8. The van der Waals surface area contributed by atoms with Gasteiger partial charge in [-0.3, -0.25) is 9.69 Å². The molecule has 25 heavy (non-hydrogen) atoms. The molecule has 4 rings (SSSR count). The molecule has 0 radical (unpaired) electrons. The molecule has 7 heteroatoms. The zero-order valence-corrected chi connectivity index (χ0v) is 14.5. The lowest BCUT2D eigenvalue weighted by molar-refractivity contribution is 0.0890. The predicted molar refractivity (Wildman–Crippen MR) is 91.5 cm³/mol. The number of aromatic nitrogens is 2. The van der Waals surface area contributed by atoms with Crippen molar-refractivity contribution in [2.45, 2.75) is 32.4 Å². The molecular weight excluding hydrogens is 320 g/mol. The number of ether oxygens (including phenoxy) is 1. The molecule has 0 saturated carbocycles. The molecule has 0 bridgehead atoms. The van der Waals surface area contributed by atoms with E-state index in [9.17, 15) is 4.79 Å². The van der Waals surface area contributed by atoms with E-state index in [0.717, 1.165) is 24.8 Å². The molecular formula is C18H24N4O3. The minimum absolute atomic E-state index is 0.0529. The van der Waals surface area contributed by atoms with E-state index in [0.29, 0.717) is 31.3 Å². The van der Waals surface area contributed by atoms with Gasteiger partial charge in [-0.2, -0.15) is 5.10 Å². The number of piperidine rings is 1. The Hall–Kier alpha value is -2.28. The number of carbonyl (C=O) groups excluding carboxylic acids is 1. The third kappa shape index (κ3) is 3.42. The first-order valence-corrected chi connectivity index (χ1v) is 8.97. The number of furan rings is 1. The van der Waals surface area contributed by atoms with Crippen LogP contribution in [-0.4, -0.2) is 46.8 Å². The summed E-state index contributed by atoms with van der Waals surface area (Å²) in [6.07, 6.45) is 4.04. The first-order chi connectivity index (χ1) is 12.2. The van der Waals surface area contributed by atoms with E-state index in [4.69, 9.17) is 9.15 Å². The van der Waals surface area contributed by atoms with Crippen LogP contribution >= 0.6 is 0 Å². The van der Waals surface area contributed by atoms with E-state index in [1.807, 2.05) is 12.1 Å². The number of likely N-dealkylation sites (tertiary alicyclic amines) is 1. The summed E-state index contributed by atoms with van der Waals surface area (Å²) in [6, 6.07) is 5.63. The van der Waals surface area contributed by atoms with Crippen LogP contribution in [0.1, 0.15) is 42.1 Å². The van der Waals surface area contributed by atoms with Crippen molar-refractivity contribution in [3.63, 3.8) is 0 Å². The zero-order chi connectivity index (χ0) is 17.2. The van der Waals surface area contributed by atoms with Gasteiger partial charge < -0.3 is 14.5 Å². The largest absolute Gasteiger partial charge is 0.476 e. The quantitative estimate of drug-likeness (QED) is 0.899. The molecule has 2 aliphatic rings. The van der Waals surface area contributed by atoms with Crippen LogP contribution in [0, 0.1) is 5.92 Å².